The van der Waals surface area contributed by atoms with Gasteiger partial charge in [-0.25, -0.2) is 13.9 Å². The monoisotopic (exact) mass is 300 g/mol. The number of anilines is 1. The summed E-state index contributed by atoms with van der Waals surface area (Å²) in [5, 5.41) is 6.60. The van der Waals surface area contributed by atoms with Crippen molar-refractivity contribution in [1.82, 2.24) is 14.2 Å². The first kappa shape index (κ1) is 14.0. The molecule has 0 radical (unpaired) electrons. The number of nitrogens with one attached hydrogen (secondary N) is 1. The fourth-order valence-corrected chi connectivity index (χ4v) is 2.08. The Balaban J connectivity index is 1.79. The van der Waals surface area contributed by atoms with E-state index in [1.54, 1.807) is 43.5 Å². The van der Waals surface area contributed by atoms with E-state index in [9.17, 15) is 14.0 Å². The molecule has 2 aromatic heterocycles. The van der Waals surface area contributed by atoms with Crippen molar-refractivity contribution in [1.29, 1.82) is 0 Å². The lowest BCUT2D eigenvalue weighted by Gasteiger charge is -2.05. The number of hydrogen-bond donors (Lipinski definition) is 1. The van der Waals surface area contributed by atoms with Gasteiger partial charge in [0, 0.05) is 11.9 Å². The van der Waals surface area contributed by atoms with Crippen LogP contribution in [0, 0.1) is 12.7 Å². The van der Waals surface area contributed by atoms with Crippen molar-refractivity contribution < 1.29 is 9.18 Å². The molecule has 2 heterocycles. The van der Waals surface area contributed by atoms with Crippen LogP contribution >= 0.6 is 0 Å². The Hall–Kier alpha value is -2.96. The van der Waals surface area contributed by atoms with Crippen molar-refractivity contribution in [3.8, 4) is 0 Å². The molecule has 22 heavy (non-hydrogen) atoms. The zero-order chi connectivity index (χ0) is 15.7. The smallest absolute Gasteiger partial charge is 0.324 e. The Morgan fingerprint density at radius 2 is 2.14 bits per heavy atom. The summed E-state index contributed by atoms with van der Waals surface area (Å²) in [6.45, 7) is 1.40. The van der Waals surface area contributed by atoms with E-state index in [1.165, 1.54) is 10.5 Å². The number of rotatable bonds is 3. The number of nitrogens with zero attached hydrogens (tertiary/aromatic N) is 3. The average molecular weight is 300 g/mol. The molecule has 0 fully saturated rings. The van der Waals surface area contributed by atoms with E-state index in [4.69, 9.17) is 0 Å². The SMILES string of the molecule is Cc1ccc(NC(=O)Cn2nc3ccccn3c2=O)cc1F. The molecule has 7 heteroatoms. The van der Waals surface area contributed by atoms with Crippen molar-refractivity contribution in [2.45, 2.75) is 13.5 Å². The topological polar surface area (TPSA) is 68.4 Å². The van der Waals surface area contributed by atoms with Crippen LogP contribution in [0.3, 0.4) is 0 Å². The second kappa shape index (κ2) is 5.44. The zero-order valence-corrected chi connectivity index (χ0v) is 11.8. The highest BCUT2D eigenvalue weighted by Crippen LogP contribution is 2.13. The highest BCUT2D eigenvalue weighted by Gasteiger charge is 2.11. The number of amides is 1. The fourth-order valence-electron chi connectivity index (χ4n) is 2.08. The molecule has 0 aliphatic carbocycles. The van der Waals surface area contributed by atoms with Gasteiger partial charge in [-0.2, -0.15) is 0 Å². The van der Waals surface area contributed by atoms with Crippen LogP contribution < -0.4 is 11.0 Å². The van der Waals surface area contributed by atoms with Gasteiger partial charge in [-0.05, 0) is 36.8 Å². The van der Waals surface area contributed by atoms with Crippen molar-refractivity contribution in [3.05, 3.63) is 64.5 Å². The molecule has 0 saturated carbocycles. The molecule has 0 aliphatic heterocycles. The highest BCUT2D eigenvalue weighted by molar-refractivity contribution is 5.90. The summed E-state index contributed by atoms with van der Waals surface area (Å²) in [7, 11) is 0. The second-order valence-corrected chi connectivity index (χ2v) is 4.88. The number of benzene rings is 1. The number of pyridine rings is 1. The van der Waals surface area contributed by atoms with Crippen LogP contribution in [-0.2, 0) is 11.3 Å². The van der Waals surface area contributed by atoms with E-state index in [-0.39, 0.29) is 6.54 Å². The fraction of sp³-hybridized carbons (Fsp3) is 0.133. The Bertz CT molecular complexity index is 913. The molecule has 0 spiro atoms. The van der Waals surface area contributed by atoms with Gasteiger partial charge in [0.15, 0.2) is 5.65 Å². The molecule has 112 valence electrons. The third-order valence-corrected chi connectivity index (χ3v) is 3.24. The highest BCUT2D eigenvalue weighted by atomic mass is 19.1. The van der Waals surface area contributed by atoms with Crippen LogP contribution in [0.15, 0.2) is 47.4 Å². The molecule has 0 bridgehead atoms. The number of hydrogen-bond acceptors (Lipinski definition) is 3. The van der Waals surface area contributed by atoms with E-state index in [0.29, 0.717) is 16.9 Å². The molecule has 0 aliphatic rings. The zero-order valence-electron chi connectivity index (χ0n) is 11.8. The number of aryl methyl sites for hydroxylation is 1. The van der Waals surface area contributed by atoms with Gasteiger partial charge in [-0.3, -0.25) is 9.20 Å². The van der Waals surface area contributed by atoms with Crippen molar-refractivity contribution in [2.75, 3.05) is 5.32 Å². The van der Waals surface area contributed by atoms with E-state index < -0.39 is 17.4 Å². The van der Waals surface area contributed by atoms with Crippen LogP contribution in [0.5, 0.6) is 0 Å². The molecule has 0 atom stereocenters. The maximum Gasteiger partial charge on any atom is 0.350 e. The van der Waals surface area contributed by atoms with Gasteiger partial charge < -0.3 is 5.32 Å². The summed E-state index contributed by atoms with van der Waals surface area (Å²) >= 11 is 0. The minimum Gasteiger partial charge on any atom is -0.324 e. The summed E-state index contributed by atoms with van der Waals surface area (Å²) in [6, 6.07) is 9.53. The number of aromatic nitrogens is 3. The summed E-state index contributed by atoms with van der Waals surface area (Å²) < 4.78 is 15.8. The van der Waals surface area contributed by atoms with Gasteiger partial charge >= 0.3 is 5.69 Å². The number of halogens is 1. The first-order valence-electron chi connectivity index (χ1n) is 6.65. The predicted molar refractivity (Wildman–Crippen MR) is 79.2 cm³/mol. The molecule has 0 saturated heterocycles. The third kappa shape index (κ3) is 2.60. The van der Waals surface area contributed by atoms with Crippen LogP contribution in [-0.4, -0.2) is 20.1 Å². The second-order valence-electron chi connectivity index (χ2n) is 4.88. The molecule has 6 nitrogen and oxygen atoms in total. The molecule has 1 aromatic carbocycles. The number of carbonyl (C=O) groups is 1. The molecule has 0 unspecified atom stereocenters. The predicted octanol–water partition coefficient (Wildman–Crippen LogP) is 1.58. The van der Waals surface area contributed by atoms with Crippen molar-refractivity contribution >= 4 is 17.2 Å². The van der Waals surface area contributed by atoms with Gasteiger partial charge in [0.25, 0.3) is 0 Å². The first-order chi connectivity index (χ1) is 10.5. The standard InChI is InChI=1S/C15H13FN4O2/c1-10-5-6-11(8-12(10)16)17-14(21)9-20-15(22)19-7-3-2-4-13(19)18-20/h2-8H,9H2,1H3,(H,17,21). The van der Waals surface area contributed by atoms with Crippen LogP contribution in [0.2, 0.25) is 0 Å². The van der Waals surface area contributed by atoms with Crippen molar-refractivity contribution in [3.63, 3.8) is 0 Å². The van der Waals surface area contributed by atoms with Gasteiger partial charge in [-0.1, -0.05) is 12.1 Å². The minimum absolute atomic E-state index is 0.240. The van der Waals surface area contributed by atoms with Crippen LogP contribution in [0.25, 0.3) is 5.65 Å². The molecule has 3 aromatic rings. The lowest BCUT2D eigenvalue weighted by molar-refractivity contribution is -0.117. The largest absolute Gasteiger partial charge is 0.350 e. The Labute approximate surface area is 124 Å². The number of fused-ring (bicyclic) bond motifs is 1. The minimum atomic E-state index is -0.450. The summed E-state index contributed by atoms with van der Waals surface area (Å²) in [5.41, 5.74) is 0.891. The summed E-state index contributed by atoms with van der Waals surface area (Å²) in [4.78, 5) is 24.0. The van der Waals surface area contributed by atoms with Gasteiger partial charge in [0.1, 0.15) is 12.4 Å². The lowest BCUT2D eigenvalue weighted by atomic mass is 10.2. The number of carbonyl (C=O) groups excluding carboxylic acids is 1. The normalized spacial score (nSPS) is 10.8. The summed E-state index contributed by atoms with van der Waals surface area (Å²) in [5.74, 6) is -0.851. The average Bonchev–Trinajstić information content (AvgIpc) is 2.80. The van der Waals surface area contributed by atoms with Gasteiger partial charge in [0.05, 0.1) is 0 Å². The van der Waals surface area contributed by atoms with Gasteiger partial charge in [0.2, 0.25) is 5.91 Å². The first-order valence-corrected chi connectivity index (χ1v) is 6.65. The van der Waals surface area contributed by atoms with E-state index in [1.807, 2.05) is 0 Å². The maximum atomic E-state index is 13.4. The molecular weight excluding hydrogens is 287 g/mol. The van der Waals surface area contributed by atoms with Crippen molar-refractivity contribution in [2.24, 2.45) is 0 Å². The molecule has 1 N–H and O–H groups in total. The Morgan fingerprint density at radius 3 is 2.86 bits per heavy atom. The Kier molecular flexibility index (Phi) is 3.46. The molecule has 1 amide bonds. The lowest BCUT2D eigenvalue weighted by Crippen LogP contribution is -2.28. The van der Waals surface area contributed by atoms with E-state index in [2.05, 4.69) is 10.4 Å². The van der Waals surface area contributed by atoms with Crippen LogP contribution in [0.1, 0.15) is 5.56 Å². The quantitative estimate of drug-likeness (QED) is 0.798. The molecular formula is C15H13FN4O2. The van der Waals surface area contributed by atoms with E-state index in [0.717, 1.165) is 4.68 Å². The van der Waals surface area contributed by atoms with Gasteiger partial charge in [-0.15, -0.1) is 5.10 Å². The maximum absolute atomic E-state index is 13.4. The van der Waals surface area contributed by atoms with E-state index >= 15 is 0 Å². The summed E-state index contributed by atoms with van der Waals surface area (Å²) in [6.07, 6.45) is 1.58. The third-order valence-electron chi connectivity index (χ3n) is 3.24. The molecule has 3 rings (SSSR count). The van der Waals surface area contributed by atoms with Crippen LogP contribution in [0.4, 0.5) is 10.1 Å². The Morgan fingerprint density at radius 1 is 1.32 bits per heavy atom.